The summed E-state index contributed by atoms with van der Waals surface area (Å²) in [4.78, 5) is 21.3. The normalized spacial score (nSPS) is 11.1. The van der Waals surface area contributed by atoms with E-state index in [1.165, 1.54) is 6.08 Å². The molecule has 2 heterocycles. The number of carboxylic acid groups (broad SMARTS) is 1. The Morgan fingerprint density at radius 2 is 2.21 bits per heavy atom. The van der Waals surface area contributed by atoms with Crippen LogP contribution in [0.3, 0.4) is 0 Å². The largest absolute Gasteiger partial charge is 0.478 e. The van der Waals surface area contributed by atoms with Crippen LogP contribution in [0.2, 0.25) is 0 Å². The van der Waals surface area contributed by atoms with Crippen molar-refractivity contribution in [2.75, 3.05) is 0 Å². The van der Waals surface area contributed by atoms with E-state index in [4.69, 9.17) is 5.11 Å². The highest BCUT2D eigenvalue weighted by Crippen LogP contribution is 2.13. The molecule has 2 aromatic rings. The molecule has 0 aliphatic rings. The van der Waals surface area contributed by atoms with E-state index in [-0.39, 0.29) is 0 Å². The van der Waals surface area contributed by atoms with E-state index >= 15 is 0 Å². The molecule has 0 atom stereocenters. The van der Waals surface area contributed by atoms with Crippen LogP contribution in [0.1, 0.15) is 5.56 Å². The van der Waals surface area contributed by atoms with Gasteiger partial charge in [-0.15, -0.1) is 0 Å². The average Bonchev–Trinajstić information content (AvgIpc) is 2.58. The predicted molar refractivity (Wildman–Crippen MR) is 50.6 cm³/mol. The lowest BCUT2D eigenvalue weighted by molar-refractivity contribution is -0.131. The summed E-state index contributed by atoms with van der Waals surface area (Å²) in [6, 6.07) is 0. The predicted octanol–water partition coefficient (Wildman–Crippen LogP) is 1.06. The molecule has 0 saturated carbocycles. The third kappa shape index (κ3) is 1.47. The lowest BCUT2D eigenvalue weighted by Gasteiger charge is -1.87. The summed E-state index contributed by atoms with van der Waals surface area (Å²) in [6.45, 7) is 0. The van der Waals surface area contributed by atoms with Gasteiger partial charge in [0.2, 0.25) is 0 Å². The number of hydrogen-bond donors (Lipinski definition) is 2. The Morgan fingerprint density at radius 1 is 1.43 bits per heavy atom. The highest BCUT2D eigenvalue weighted by atomic mass is 16.4. The minimum Gasteiger partial charge on any atom is -0.478 e. The number of fused-ring (bicyclic) bond motifs is 1. The number of carboxylic acids is 1. The zero-order valence-corrected chi connectivity index (χ0v) is 7.14. The number of nitrogens with one attached hydrogen (secondary N) is 1. The molecule has 0 aromatic carbocycles. The van der Waals surface area contributed by atoms with Crippen molar-refractivity contribution in [3.05, 3.63) is 30.2 Å². The summed E-state index contributed by atoms with van der Waals surface area (Å²) in [5, 5.41) is 8.45. The fourth-order valence-electron chi connectivity index (χ4n) is 1.16. The first-order valence-corrected chi connectivity index (χ1v) is 3.96. The molecule has 0 aliphatic heterocycles. The minimum absolute atomic E-state index is 0.650. The van der Waals surface area contributed by atoms with Crippen molar-refractivity contribution < 1.29 is 9.90 Å². The molecule has 0 saturated heterocycles. The van der Waals surface area contributed by atoms with E-state index in [1.54, 1.807) is 18.6 Å². The first kappa shape index (κ1) is 8.43. The van der Waals surface area contributed by atoms with Gasteiger partial charge in [-0.05, 0) is 6.08 Å². The number of rotatable bonds is 2. The molecule has 0 spiro atoms. The fourth-order valence-corrected chi connectivity index (χ4v) is 1.16. The smallest absolute Gasteiger partial charge is 0.328 e. The van der Waals surface area contributed by atoms with Gasteiger partial charge in [0.25, 0.3) is 0 Å². The molecule has 70 valence electrons. The zero-order chi connectivity index (χ0) is 9.97. The van der Waals surface area contributed by atoms with Crippen LogP contribution < -0.4 is 0 Å². The number of aromatic amines is 1. The summed E-state index contributed by atoms with van der Waals surface area (Å²) in [7, 11) is 0. The summed E-state index contributed by atoms with van der Waals surface area (Å²) < 4.78 is 0. The second-order valence-corrected chi connectivity index (χ2v) is 2.67. The maximum Gasteiger partial charge on any atom is 0.328 e. The number of nitrogens with zero attached hydrogens (tertiary/aromatic N) is 2. The molecule has 2 rings (SSSR count). The van der Waals surface area contributed by atoms with Gasteiger partial charge < -0.3 is 10.1 Å². The molecular formula is C9H7N3O2. The molecule has 2 aromatic heterocycles. The number of H-pyrrole nitrogens is 1. The summed E-state index contributed by atoms with van der Waals surface area (Å²) >= 11 is 0. The van der Waals surface area contributed by atoms with Gasteiger partial charge in [0.15, 0.2) is 5.65 Å². The van der Waals surface area contributed by atoms with Crippen molar-refractivity contribution in [3.63, 3.8) is 0 Å². The lowest BCUT2D eigenvalue weighted by atomic mass is 10.3. The van der Waals surface area contributed by atoms with Crippen LogP contribution in [0.4, 0.5) is 0 Å². The third-order valence-electron chi connectivity index (χ3n) is 1.74. The monoisotopic (exact) mass is 189 g/mol. The van der Waals surface area contributed by atoms with Crippen molar-refractivity contribution >= 4 is 23.2 Å². The Kier molecular flexibility index (Phi) is 1.98. The molecule has 0 unspecified atom stereocenters. The highest BCUT2D eigenvalue weighted by Gasteiger charge is 2.01. The Morgan fingerprint density at radius 3 is 3.00 bits per heavy atom. The molecule has 2 N–H and O–H groups in total. The topological polar surface area (TPSA) is 78.9 Å². The molecule has 5 nitrogen and oxygen atoms in total. The Labute approximate surface area is 79.1 Å². The zero-order valence-electron chi connectivity index (χ0n) is 7.14. The van der Waals surface area contributed by atoms with Crippen LogP contribution in [-0.2, 0) is 4.79 Å². The average molecular weight is 189 g/mol. The molecule has 0 bridgehead atoms. The van der Waals surface area contributed by atoms with E-state index in [1.807, 2.05) is 0 Å². The van der Waals surface area contributed by atoms with Crippen molar-refractivity contribution in [1.82, 2.24) is 15.0 Å². The van der Waals surface area contributed by atoms with Crippen LogP contribution in [0.5, 0.6) is 0 Å². The van der Waals surface area contributed by atoms with E-state index in [9.17, 15) is 4.79 Å². The molecular weight excluding hydrogens is 182 g/mol. The van der Waals surface area contributed by atoms with Crippen LogP contribution in [0.25, 0.3) is 17.2 Å². The number of hydrogen-bond acceptors (Lipinski definition) is 3. The summed E-state index contributed by atoms with van der Waals surface area (Å²) in [5.74, 6) is -0.983. The van der Waals surface area contributed by atoms with Gasteiger partial charge in [-0.2, -0.15) is 0 Å². The highest BCUT2D eigenvalue weighted by molar-refractivity contribution is 5.90. The van der Waals surface area contributed by atoms with Crippen molar-refractivity contribution in [2.24, 2.45) is 0 Å². The second kappa shape index (κ2) is 3.29. The molecule has 5 heteroatoms. The van der Waals surface area contributed by atoms with Crippen molar-refractivity contribution in [2.45, 2.75) is 0 Å². The van der Waals surface area contributed by atoms with Crippen LogP contribution in [0, 0.1) is 0 Å². The third-order valence-corrected chi connectivity index (χ3v) is 1.74. The molecule has 0 aliphatic carbocycles. The van der Waals surface area contributed by atoms with Gasteiger partial charge in [-0.25, -0.2) is 9.78 Å². The second-order valence-electron chi connectivity index (χ2n) is 2.67. The first-order valence-electron chi connectivity index (χ1n) is 3.96. The standard InChI is InChI=1S/C9H7N3O2/c13-7(14)2-1-6-5-12-9-8(6)10-3-4-11-9/h1-5H,(H,11,12)(H,13,14)/b2-1+. The van der Waals surface area contributed by atoms with Gasteiger partial charge >= 0.3 is 5.97 Å². The number of aromatic nitrogens is 3. The van der Waals surface area contributed by atoms with E-state index in [0.29, 0.717) is 11.2 Å². The summed E-state index contributed by atoms with van der Waals surface area (Å²) in [5.41, 5.74) is 2.04. The number of aliphatic carboxylic acids is 1. The Balaban J connectivity index is 2.48. The summed E-state index contributed by atoms with van der Waals surface area (Å²) in [6.07, 6.45) is 7.36. The van der Waals surface area contributed by atoms with Crippen LogP contribution in [0.15, 0.2) is 24.7 Å². The van der Waals surface area contributed by atoms with E-state index in [2.05, 4.69) is 15.0 Å². The van der Waals surface area contributed by atoms with Gasteiger partial charge in [0.1, 0.15) is 5.52 Å². The Bertz CT molecular complexity index is 501. The maximum absolute atomic E-state index is 10.3. The van der Waals surface area contributed by atoms with Crippen molar-refractivity contribution in [3.8, 4) is 0 Å². The van der Waals surface area contributed by atoms with Gasteiger partial charge in [0, 0.05) is 30.2 Å². The van der Waals surface area contributed by atoms with E-state index in [0.717, 1.165) is 11.6 Å². The first-order chi connectivity index (χ1) is 6.77. The van der Waals surface area contributed by atoms with Gasteiger partial charge in [-0.3, -0.25) is 4.98 Å². The minimum atomic E-state index is -0.983. The van der Waals surface area contributed by atoms with Crippen molar-refractivity contribution in [1.29, 1.82) is 0 Å². The van der Waals surface area contributed by atoms with Gasteiger partial charge in [-0.1, -0.05) is 0 Å². The van der Waals surface area contributed by atoms with Crippen LogP contribution in [-0.4, -0.2) is 26.0 Å². The van der Waals surface area contributed by atoms with E-state index < -0.39 is 5.97 Å². The lowest BCUT2D eigenvalue weighted by Crippen LogP contribution is -1.85. The molecule has 0 fully saturated rings. The maximum atomic E-state index is 10.3. The number of carbonyl (C=O) groups is 1. The van der Waals surface area contributed by atoms with Gasteiger partial charge in [0.05, 0.1) is 0 Å². The Hall–Kier alpha value is -2.17. The quantitative estimate of drug-likeness (QED) is 0.692. The SMILES string of the molecule is O=C(O)/C=C/c1c[nH]c2nccnc12. The molecule has 14 heavy (non-hydrogen) atoms. The molecule has 0 radical (unpaired) electrons. The van der Waals surface area contributed by atoms with Crippen LogP contribution >= 0.6 is 0 Å². The molecule has 0 amide bonds. The fraction of sp³-hybridized carbons (Fsp3) is 0.